The number of amides is 1. The Balaban J connectivity index is 1.49. The van der Waals surface area contributed by atoms with E-state index < -0.39 is 0 Å². The van der Waals surface area contributed by atoms with E-state index in [1.54, 1.807) is 11.8 Å². The molecule has 7 nitrogen and oxygen atoms in total. The summed E-state index contributed by atoms with van der Waals surface area (Å²) in [5.41, 5.74) is 4.76. The number of pyridine rings is 1. The molecule has 1 aliphatic carbocycles. The number of methoxy groups -OCH3 is 1. The third-order valence-corrected chi connectivity index (χ3v) is 6.09. The summed E-state index contributed by atoms with van der Waals surface area (Å²) in [6.45, 7) is 1.90. The van der Waals surface area contributed by atoms with Gasteiger partial charge in [0.1, 0.15) is 5.75 Å². The summed E-state index contributed by atoms with van der Waals surface area (Å²) in [7, 11) is 3.50. The quantitative estimate of drug-likeness (QED) is 0.514. The Bertz CT molecular complexity index is 1270. The van der Waals surface area contributed by atoms with Gasteiger partial charge in [0.15, 0.2) is 10.8 Å². The molecule has 0 spiro atoms. The molecule has 0 saturated heterocycles. The number of aryl methyl sites for hydroxylation is 2. The van der Waals surface area contributed by atoms with Gasteiger partial charge in [-0.05, 0) is 38.0 Å². The van der Waals surface area contributed by atoms with Crippen molar-refractivity contribution in [2.75, 3.05) is 12.4 Å². The van der Waals surface area contributed by atoms with Crippen LogP contribution in [0.3, 0.4) is 0 Å². The lowest BCUT2D eigenvalue weighted by atomic mass is 10.1. The Kier molecular flexibility index (Phi) is 4.51. The summed E-state index contributed by atoms with van der Waals surface area (Å²) in [4.78, 5) is 22.6. The maximum absolute atomic E-state index is 13.2. The standard InChI is InChI=1S/C22H21N5O2S/c1-12-19-15(10-16(13-8-9-13)23-20(19)27(2)26-12)21(28)25-22-24-17(11-30-22)14-6-4-5-7-18(14)29-3/h4-7,10-11,13H,8-9H2,1-3H3,(H,24,25,28). The molecule has 0 aliphatic heterocycles. The SMILES string of the molecule is COc1ccccc1-c1csc(NC(=O)c2cc(C3CC3)nc3c2c(C)nn3C)n1. The second-order valence-corrected chi connectivity index (χ2v) is 8.33. The van der Waals surface area contributed by atoms with E-state index in [0.717, 1.165) is 52.3 Å². The highest BCUT2D eigenvalue weighted by Gasteiger charge is 2.28. The van der Waals surface area contributed by atoms with E-state index in [-0.39, 0.29) is 5.91 Å². The van der Waals surface area contributed by atoms with E-state index in [0.29, 0.717) is 16.6 Å². The van der Waals surface area contributed by atoms with Crippen LogP contribution in [0.4, 0.5) is 5.13 Å². The zero-order valence-electron chi connectivity index (χ0n) is 17.0. The van der Waals surface area contributed by atoms with Gasteiger partial charge in [-0.25, -0.2) is 9.97 Å². The number of benzene rings is 1. The molecule has 152 valence electrons. The number of hydrogen-bond donors (Lipinski definition) is 1. The first kappa shape index (κ1) is 18.7. The number of fused-ring (bicyclic) bond motifs is 1. The van der Waals surface area contributed by atoms with Gasteiger partial charge in [-0.3, -0.25) is 14.8 Å². The summed E-state index contributed by atoms with van der Waals surface area (Å²) in [6, 6.07) is 9.62. The number of ether oxygens (including phenoxy) is 1. The number of carbonyl (C=O) groups is 1. The molecule has 8 heteroatoms. The zero-order chi connectivity index (χ0) is 20.8. The summed E-state index contributed by atoms with van der Waals surface area (Å²) in [5.74, 6) is 0.992. The second-order valence-electron chi connectivity index (χ2n) is 7.47. The van der Waals surface area contributed by atoms with Gasteiger partial charge in [0, 0.05) is 29.6 Å². The highest BCUT2D eigenvalue weighted by atomic mass is 32.1. The maximum Gasteiger partial charge on any atom is 0.258 e. The van der Waals surface area contributed by atoms with Gasteiger partial charge in [0.25, 0.3) is 5.91 Å². The van der Waals surface area contributed by atoms with Crippen LogP contribution in [0.5, 0.6) is 5.75 Å². The Morgan fingerprint density at radius 2 is 2.07 bits per heavy atom. The molecular formula is C22H21N5O2S. The largest absolute Gasteiger partial charge is 0.496 e. The van der Waals surface area contributed by atoms with Crippen molar-refractivity contribution in [3.05, 3.63) is 52.7 Å². The number of hydrogen-bond acceptors (Lipinski definition) is 6. The Morgan fingerprint density at radius 1 is 1.27 bits per heavy atom. The molecule has 0 atom stereocenters. The number of carbonyl (C=O) groups excluding carboxylic acids is 1. The molecule has 5 rings (SSSR count). The number of thiazole rings is 1. The molecule has 4 aromatic rings. The minimum atomic E-state index is -0.193. The molecule has 3 heterocycles. The number of para-hydroxylation sites is 1. The third-order valence-electron chi connectivity index (χ3n) is 5.34. The topological polar surface area (TPSA) is 81.9 Å². The van der Waals surface area contributed by atoms with E-state index in [1.807, 2.05) is 49.7 Å². The van der Waals surface area contributed by atoms with Crippen LogP contribution in [0.25, 0.3) is 22.3 Å². The van der Waals surface area contributed by atoms with Gasteiger partial charge in [0.05, 0.1) is 29.4 Å². The summed E-state index contributed by atoms with van der Waals surface area (Å²) in [6.07, 6.45) is 2.23. The highest BCUT2D eigenvalue weighted by Crippen LogP contribution is 2.40. The number of nitrogens with zero attached hydrogens (tertiary/aromatic N) is 4. The summed E-state index contributed by atoms with van der Waals surface area (Å²) < 4.78 is 7.17. The van der Waals surface area contributed by atoms with Crippen LogP contribution in [-0.2, 0) is 7.05 Å². The molecule has 0 bridgehead atoms. The molecule has 3 aromatic heterocycles. The molecule has 0 unspecified atom stereocenters. The number of anilines is 1. The van der Waals surface area contributed by atoms with Gasteiger partial charge < -0.3 is 4.74 Å². The monoisotopic (exact) mass is 419 g/mol. The smallest absolute Gasteiger partial charge is 0.258 e. The predicted octanol–water partition coefficient (Wildman–Crippen LogP) is 4.54. The van der Waals surface area contributed by atoms with Crippen molar-refractivity contribution in [1.82, 2.24) is 19.7 Å². The normalized spacial score (nSPS) is 13.6. The highest BCUT2D eigenvalue weighted by molar-refractivity contribution is 7.14. The minimum absolute atomic E-state index is 0.193. The lowest BCUT2D eigenvalue weighted by molar-refractivity contribution is 0.102. The van der Waals surface area contributed by atoms with Crippen molar-refractivity contribution in [2.45, 2.75) is 25.7 Å². The zero-order valence-corrected chi connectivity index (χ0v) is 17.8. The van der Waals surface area contributed by atoms with E-state index in [2.05, 4.69) is 15.4 Å². The fourth-order valence-electron chi connectivity index (χ4n) is 3.71. The first-order chi connectivity index (χ1) is 14.5. The predicted molar refractivity (Wildman–Crippen MR) is 117 cm³/mol. The molecule has 1 amide bonds. The van der Waals surface area contributed by atoms with Gasteiger partial charge in [-0.1, -0.05) is 12.1 Å². The Hall–Kier alpha value is -3.26. The molecule has 1 N–H and O–H groups in total. The molecular weight excluding hydrogens is 398 g/mol. The first-order valence-electron chi connectivity index (χ1n) is 9.79. The summed E-state index contributed by atoms with van der Waals surface area (Å²) in [5, 5.41) is 10.7. The van der Waals surface area contributed by atoms with Crippen LogP contribution in [-0.4, -0.2) is 32.8 Å². The van der Waals surface area contributed by atoms with E-state index in [1.165, 1.54) is 11.3 Å². The third kappa shape index (κ3) is 3.23. The number of rotatable bonds is 5. The number of nitrogens with one attached hydrogen (secondary N) is 1. The Morgan fingerprint density at radius 3 is 2.83 bits per heavy atom. The van der Waals surface area contributed by atoms with Crippen LogP contribution in [0, 0.1) is 6.92 Å². The number of aromatic nitrogens is 4. The lowest BCUT2D eigenvalue weighted by Crippen LogP contribution is -2.13. The average molecular weight is 420 g/mol. The lowest BCUT2D eigenvalue weighted by Gasteiger charge is -2.07. The molecule has 1 aromatic carbocycles. The molecule has 0 radical (unpaired) electrons. The van der Waals surface area contributed by atoms with Crippen LogP contribution in [0.1, 0.15) is 40.5 Å². The van der Waals surface area contributed by atoms with Crippen molar-refractivity contribution >= 4 is 33.4 Å². The fourth-order valence-corrected chi connectivity index (χ4v) is 4.41. The molecule has 1 aliphatic rings. The molecule has 1 fully saturated rings. The van der Waals surface area contributed by atoms with Crippen molar-refractivity contribution in [1.29, 1.82) is 0 Å². The van der Waals surface area contributed by atoms with Crippen LogP contribution in [0.15, 0.2) is 35.7 Å². The summed E-state index contributed by atoms with van der Waals surface area (Å²) >= 11 is 1.39. The van der Waals surface area contributed by atoms with Gasteiger partial charge in [-0.15, -0.1) is 11.3 Å². The van der Waals surface area contributed by atoms with Gasteiger partial charge in [0.2, 0.25) is 0 Å². The van der Waals surface area contributed by atoms with Crippen LogP contribution < -0.4 is 10.1 Å². The Labute approximate surface area is 177 Å². The van der Waals surface area contributed by atoms with Crippen molar-refractivity contribution < 1.29 is 9.53 Å². The maximum atomic E-state index is 13.2. The van der Waals surface area contributed by atoms with Crippen LogP contribution in [0.2, 0.25) is 0 Å². The second kappa shape index (κ2) is 7.21. The minimum Gasteiger partial charge on any atom is -0.496 e. The van der Waals surface area contributed by atoms with Crippen molar-refractivity contribution in [2.24, 2.45) is 7.05 Å². The van der Waals surface area contributed by atoms with Crippen LogP contribution >= 0.6 is 11.3 Å². The fraction of sp³-hybridized carbons (Fsp3) is 0.273. The molecule has 30 heavy (non-hydrogen) atoms. The van der Waals surface area contributed by atoms with Crippen molar-refractivity contribution in [3.63, 3.8) is 0 Å². The molecule has 1 saturated carbocycles. The van der Waals surface area contributed by atoms with E-state index in [9.17, 15) is 4.79 Å². The average Bonchev–Trinajstić information content (AvgIpc) is 3.44. The van der Waals surface area contributed by atoms with E-state index in [4.69, 9.17) is 9.72 Å². The first-order valence-corrected chi connectivity index (χ1v) is 10.7. The van der Waals surface area contributed by atoms with Gasteiger partial charge >= 0.3 is 0 Å². The van der Waals surface area contributed by atoms with Crippen molar-refractivity contribution in [3.8, 4) is 17.0 Å². The van der Waals surface area contributed by atoms with E-state index >= 15 is 0 Å². The van der Waals surface area contributed by atoms with Gasteiger partial charge in [-0.2, -0.15) is 5.10 Å².